The molecule has 0 aromatic heterocycles. The minimum Gasteiger partial charge on any atom is -0.396 e. The van der Waals surface area contributed by atoms with Gasteiger partial charge in [0, 0.05) is 17.3 Å². The number of aliphatic hydroxyl groups excluding tert-OH is 1. The Morgan fingerprint density at radius 2 is 2.08 bits per heavy atom. The van der Waals surface area contributed by atoms with Crippen LogP contribution >= 0.6 is 15.9 Å². The molecule has 0 aliphatic rings. The Kier molecular flexibility index (Phi) is 4.12. The third-order valence-corrected chi connectivity index (χ3v) is 2.40. The van der Waals surface area contributed by atoms with E-state index in [4.69, 9.17) is 5.11 Å². The minimum absolute atomic E-state index is 0.00227. The van der Waals surface area contributed by atoms with Gasteiger partial charge in [-0.1, -0.05) is 40.2 Å². The van der Waals surface area contributed by atoms with Crippen molar-refractivity contribution in [3.05, 3.63) is 35.4 Å². The van der Waals surface area contributed by atoms with Crippen LogP contribution in [0.5, 0.6) is 0 Å². The predicted octanol–water partition coefficient (Wildman–Crippen LogP) is 2.15. The van der Waals surface area contributed by atoms with Gasteiger partial charge in [0.05, 0.1) is 6.61 Å². The summed E-state index contributed by atoms with van der Waals surface area (Å²) in [4.78, 5) is 11.4. The Morgan fingerprint density at radius 3 is 2.69 bits per heavy atom. The fraction of sp³-hybridized carbons (Fsp3) is 0.300. The molecule has 1 rings (SSSR count). The molecule has 70 valence electrons. The van der Waals surface area contributed by atoms with Gasteiger partial charge in [-0.15, -0.1) is 0 Å². The van der Waals surface area contributed by atoms with Crippen LogP contribution in [-0.2, 0) is 5.33 Å². The Balaban J connectivity index is 2.92. The van der Waals surface area contributed by atoms with Gasteiger partial charge < -0.3 is 5.11 Å². The highest BCUT2D eigenvalue weighted by atomic mass is 79.9. The molecule has 1 aromatic carbocycles. The molecule has 0 atom stereocenters. The first-order valence-electron chi connectivity index (χ1n) is 4.07. The third kappa shape index (κ3) is 2.64. The van der Waals surface area contributed by atoms with Crippen molar-refractivity contribution in [3.63, 3.8) is 0 Å². The van der Waals surface area contributed by atoms with Crippen LogP contribution in [0.2, 0.25) is 0 Å². The maximum Gasteiger partial charge on any atom is 0.165 e. The van der Waals surface area contributed by atoms with Gasteiger partial charge >= 0.3 is 0 Å². The number of Topliss-reactive ketones (excluding diaryl/α,β-unsaturated/α-hetero) is 1. The number of halogens is 1. The van der Waals surface area contributed by atoms with Crippen molar-refractivity contribution < 1.29 is 9.90 Å². The van der Waals surface area contributed by atoms with Crippen LogP contribution in [0, 0.1) is 0 Å². The molecule has 0 aliphatic carbocycles. The SMILES string of the molecule is O=C(CCO)c1ccccc1CBr. The van der Waals surface area contributed by atoms with Crippen molar-refractivity contribution in [2.24, 2.45) is 0 Å². The average molecular weight is 243 g/mol. The Hall–Kier alpha value is -0.670. The summed E-state index contributed by atoms with van der Waals surface area (Å²) < 4.78 is 0. The second-order valence-electron chi connectivity index (χ2n) is 2.69. The average Bonchev–Trinajstić information content (AvgIpc) is 2.18. The maximum absolute atomic E-state index is 11.4. The number of alkyl halides is 1. The Labute approximate surface area is 85.7 Å². The fourth-order valence-electron chi connectivity index (χ4n) is 1.15. The molecule has 0 fully saturated rings. The zero-order chi connectivity index (χ0) is 9.68. The van der Waals surface area contributed by atoms with Crippen molar-refractivity contribution in [1.29, 1.82) is 0 Å². The lowest BCUT2D eigenvalue weighted by Gasteiger charge is -2.03. The predicted molar refractivity (Wildman–Crippen MR) is 55.1 cm³/mol. The lowest BCUT2D eigenvalue weighted by atomic mass is 10.0. The highest BCUT2D eigenvalue weighted by molar-refractivity contribution is 9.08. The molecular formula is C10H11BrO2. The maximum atomic E-state index is 11.4. The minimum atomic E-state index is -0.0878. The van der Waals surface area contributed by atoms with E-state index in [1.54, 1.807) is 6.07 Å². The quantitative estimate of drug-likeness (QED) is 0.649. The van der Waals surface area contributed by atoms with Crippen molar-refractivity contribution in [2.75, 3.05) is 6.61 Å². The fourth-order valence-corrected chi connectivity index (χ4v) is 1.63. The van der Waals surface area contributed by atoms with Crippen LogP contribution < -0.4 is 0 Å². The van der Waals surface area contributed by atoms with E-state index < -0.39 is 0 Å². The van der Waals surface area contributed by atoms with Gasteiger partial charge in [-0.05, 0) is 5.56 Å². The highest BCUT2D eigenvalue weighted by Gasteiger charge is 2.08. The van der Waals surface area contributed by atoms with Crippen LogP contribution in [0.4, 0.5) is 0 Å². The monoisotopic (exact) mass is 242 g/mol. The van der Waals surface area contributed by atoms with E-state index >= 15 is 0 Å². The molecule has 0 spiro atoms. The number of hydrogen-bond acceptors (Lipinski definition) is 2. The van der Waals surface area contributed by atoms with Gasteiger partial charge in [0.2, 0.25) is 0 Å². The number of carbonyl (C=O) groups excluding carboxylic acids is 1. The van der Waals surface area contributed by atoms with Gasteiger partial charge in [-0.3, -0.25) is 4.79 Å². The molecule has 0 radical (unpaired) electrons. The smallest absolute Gasteiger partial charge is 0.165 e. The molecule has 0 bridgehead atoms. The van der Waals surface area contributed by atoms with Crippen molar-refractivity contribution in [2.45, 2.75) is 11.8 Å². The zero-order valence-corrected chi connectivity index (χ0v) is 8.75. The van der Waals surface area contributed by atoms with E-state index in [0.29, 0.717) is 10.9 Å². The summed E-state index contributed by atoms with van der Waals surface area (Å²) in [7, 11) is 0. The van der Waals surface area contributed by atoms with Gasteiger partial charge in [0.15, 0.2) is 5.78 Å². The summed E-state index contributed by atoms with van der Waals surface area (Å²) >= 11 is 3.31. The molecule has 2 nitrogen and oxygen atoms in total. The van der Waals surface area contributed by atoms with Gasteiger partial charge in [-0.25, -0.2) is 0 Å². The molecule has 1 N–H and O–H groups in total. The van der Waals surface area contributed by atoms with E-state index in [1.165, 1.54) is 0 Å². The summed E-state index contributed by atoms with van der Waals surface area (Å²) in [6.07, 6.45) is 0.198. The van der Waals surface area contributed by atoms with Crippen LogP contribution in [0.15, 0.2) is 24.3 Å². The first kappa shape index (κ1) is 10.4. The first-order valence-corrected chi connectivity index (χ1v) is 5.19. The molecule has 13 heavy (non-hydrogen) atoms. The Morgan fingerprint density at radius 1 is 1.38 bits per heavy atom. The summed E-state index contributed by atoms with van der Waals surface area (Å²) in [6.45, 7) is -0.0878. The van der Waals surface area contributed by atoms with E-state index in [-0.39, 0.29) is 18.8 Å². The van der Waals surface area contributed by atoms with Crippen LogP contribution in [0.1, 0.15) is 22.3 Å². The first-order chi connectivity index (χ1) is 6.29. The van der Waals surface area contributed by atoms with Gasteiger partial charge in [0.1, 0.15) is 0 Å². The summed E-state index contributed by atoms with van der Waals surface area (Å²) in [6, 6.07) is 7.41. The largest absolute Gasteiger partial charge is 0.396 e. The summed E-state index contributed by atoms with van der Waals surface area (Å²) in [5.74, 6) is -0.00227. The number of hydrogen-bond donors (Lipinski definition) is 1. The molecule has 1 aromatic rings. The second-order valence-corrected chi connectivity index (χ2v) is 3.25. The van der Waals surface area contributed by atoms with Gasteiger partial charge in [-0.2, -0.15) is 0 Å². The lowest BCUT2D eigenvalue weighted by molar-refractivity contribution is 0.0956. The number of rotatable bonds is 4. The third-order valence-electron chi connectivity index (χ3n) is 1.80. The number of ketones is 1. The molecule has 0 unspecified atom stereocenters. The molecule has 0 heterocycles. The zero-order valence-electron chi connectivity index (χ0n) is 7.16. The van der Waals surface area contributed by atoms with Gasteiger partial charge in [0.25, 0.3) is 0 Å². The molecule has 3 heteroatoms. The number of benzene rings is 1. The second kappa shape index (κ2) is 5.14. The molecule has 0 amide bonds. The lowest BCUT2D eigenvalue weighted by Crippen LogP contribution is -2.04. The normalized spacial score (nSPS) is 10.0. The number of carbonyl (C=O) groups is 1. The van der Waals surface area contributed by atoms with Crippen molar-refractivity contribution in [3.8, 4) is 0 Å². The molecule has 0 aliphatic heterocycles. The van der Waals surface area contributed by atoms with E-state index in [2.05, 4.69) is 15.9 Å². The van der Waals surface area contributed by atoms with Crippen LogP contribution in [0.25, 0.3) is 0 Å². The molecule has 0 saturated heterocycles. The van der Waals surface area contributed by atoms with Crippen molar-refractivity contribution >= 4 is 21.7 Å². The topological polar surface area (TPSA) is 37.3 Å². The Bertz CT molecular complexity index is 297. The van der Waals surface area contributed by atoms with E-state index in [9.17, 15) is 4.79 Å². The van der Waals surface area contributed by atoms with Crippen LogP contribution in [0.3, 0.4) is 0 Å². The van der Waals surface area contributed by atoms with E-state index in [0.717, 1.165) is 5.56 Å². The highest BCUT2D eigenvalue weighted by Crippen LogP contribution is 2.14. The van der Waals surface area contributed by atoms with Crippen molar-refractivity contribution in [1.82, 2.24) is 0 Å². The molecule has 0 saturated carbocycles. The summed E-state index contributed by atoms with van der Waals surface area (Å²) in [5.41, 5.74) is 1.68. The van der Waals surface area contributed by atoms with E-state index in [1.807, 2.05) is 18.2 Å². The number of aliphatic hydroxyl groups is 1. The standard InChI is InChI=1S/C10H11BrO2/c11-7-8-3-1-2-4-9(8)10(13)5-6-12/h1-4,12H,5-7H2. The summed E-state index contributed by atoms with van der Waals surface area (Å²) in [5, 5.41) is 9.30. The molecular weight excluding hydrogens is 232 g/mol. The van der Waals surface area contributed by atoms with Crippen LogP contribution in [-0.4, -0.2) is 17.5 Å².